The second kappa shape index (κ2) is 3.48. The number of hydrogen-bond acceptors (Lipinski definition) is 3. The molecule has 84 valence electrons. The molecule has 0 spiro atoms. The highest BCUT2D eigenvalue weighted by Crippen LogP contribution is 2.31. The van der Waals surface area contributed by atoms with Gasteiger partial charge in [0.2, 0.25) is 0 Å². The summed E-state index contributed by atoms with van der Waals surface area (Å²) < 4.78 is 18.2. The molecule has 2 rings (SSSR count). The minimum Gasteiger partial charge on any atom is -0.478 e. The van der Waals surface area contributed by atoms with Crippen molar-refractivity contribution in [1.29, 1.82) is 0 Å². The van der Waals surface area contributed by atoms with Gasteiger partial charge >= 0.3 is 12.1 Å². The number of nitrogens with one attached hydrogen (secondary N) is 1. The van der Waals surface area contributed by atoms with Crippen LogP contribution < -0.4 is 5.32 Å². The number of carbonyl (C=O) groups excluding carboxylic acids is 1. The van der Waals surface area contributed by atoms with Crippen LogP contribution >= 0.6 is 0 Å². The Bertz CT molecular complexity index is 462. The molecule has 1 heterocycles. The summed E-state index contributed by atoms with van der Waals surface area (Å²) in [5.74, 6) is -2.13. The monoisotopic (exact) mass is 225 g/mol. The van der Waals surface area contributed by atoms with Crippen molar-refractivity contribution in [1.82, 2.24) is 5.32 Å². The van der Waals surface area contributed by atoms with E-state index in [4.69, 9.17) is 5.11 Å². The van der Waals surface area contributed by atoms with Gasteiger partial charge in [0, 0.05) is 5.56 Å². The smallest absolute Gasteiger partial charge is 0.408 e. The lowest BCUT2D eigenvalue weighted by molar-refractivity contribution is -0.155. The number of alkyl carbamates (subject to hydrolysis) is 1. The van der Waals surface area contributed by atoms with Gasteiger partial charge in [0.1, 0.15) is 5.82 Å². The third kappa shape index (κ3) is 1.39. The topological polar surface area (TPSA) is 75.6 Å². The number of halogens is 1. The molecule has 1 unspecified atom stereocenters. The maximum atomic E-state index is 13.5. The number of carboxylic acids is 1. The van der Waals surface area contributed by atoms with E-state index in [1.165, 1.54) is 18.2 Å². The Kier molecular flexibility index (Phi) is 2.26. The standard InChI is InChI=1S/C10H8FNO4/c11-7-4-2-1-3-6(7)10(8(13)14)5-12-9(15)16-10/h1-4H,5H2,(H,12,15)(H,13,14). The van der Waals surface area contributed by atoms with Crippen LogP contribution in [0.15, 0.2) is 24.3 Å². The highest BCUT2D eigenvalue weighted by atomic mass is 19.1. The van der Waals surface area contributed by atoms with E-state index in [9.17, 15) is 14.0 Å². The zero-order valence-corrected chi connectivity index (χ0v) is 8.07. The third-order valence-electron chi connectivity index (χ3n) is 2.40. The molecule has 16 heavy (non-hydrogen) atoms. The van der Waals surface area contributed by atoms with Crippen LogP contribution in [0.4, 0.5) is 9.18 Å². The quantitative estimate of drug-likeness (QED) is 0.782. The number of cyclic esters (lactones) is 1. The fourth-order valence-electron chi connectivity index (χ4n) is 1.60. The summed E-state index contributed by atoms with van der Waals surface area (Å²) in [6.07, 6.45) is -0.870. The Morgan fingerprint density at radius 2 is 2.19 bits per heavy atom. The first-order chi connectivity index (χ1) is 7.56. The zero-order valence-electron chi connectivity index (χ0n) is 8.07. The van der Waals surface area contributed by atoms with E-state index in [2.05, 4.69) is 10.1 Å². The molecule has 0 aromatic heterocycles. The lowest BCUT2D eigenvalue weighted by Gasteiger charge is -2.21. The average molecular weight is 225 g/mol. The minimum absolute atomic E-state index is 0.166. The predicted molar refractivity (Wildman–Crippen MR) is 50.2 cm³/mol. The van der Waals surface area contributed by atoms with Crippen molar-refractivity contribution in [2.45, 2.75) is 5.60 Å². The van der Waals surface area contributed by atoms with Crippen LogP contribution in [0.3, 0.4) is 0 Å². The van der Waals surface area contributed by atoms with Gasteiger partial charge in [-0.2, -0.15) is 0 Å². The lowest BCUT2D eigenvalue weighted by Crippen LogP contribution is -2.40. The van der Waals surface area contributed by atoms with Crippen molar-refractivity contribution >= 4 is 12.1 Å². The molecular formula is C10H8FNO4. The van der Waals surface area contributed by atoms with E-state index < -0.39 is 23.5 Å². The van der Waals surface area contributed by atoms with Crippen molar-refractivity contribution in [3.63, 3.8) is 0 Å². The molecule has 2 N–H and O–H groups in total. The van der Waals surface area contributed by atoms with Crippen LogP contribution in [-0.2, 0) is 15.1 Å². The molecule has 1 aromatic carbocycles. The van der Waals surface area contributed by atoms with Gasteiger partial charge in [0.05, 0.1) is 6.54 Å². The van der Waals surface area contributed by atoms with Gasteiger partial charge < -0.3 is 15.2 Å². The van der Waals surface area contributed by atoms with Crippen LogP contribution in [0, 0.1) is 5.82 Å². The summed E-state index contributed by atoms with van der Waals surface area (Å²) in [4.78, 5) is 22.1. The van der Waals surface area contributed by atoms with E-state index in [1.54, 1.807) is 0 Å². The van der Waals surface area contributed by atoms with E-state index in [-0.39, 0.29) is 12.1 Å². The molecule has 0 aliphatic carbocycles. The molecule has 1 atom stereocenters. The first-order valence-corrected chi connectivity index (χ1v) is 4.51. The number of ether oxygens (including phenoxy) is 1. The predicted octanol–water partition coefficient (Wildman–Crippen LogP) is 0.845. The summed E-state index contributed by atoms with van der Waals surface area (Å²) >= 11 is 0. The molecule has 0 bridgehead atoms. The Morgan fingerprint density at radius 1 is 1.50 bits per heavy atom. The van der Waals surface area contributed by atoms with Gasteiger partial charge in [-0.05, 0) is 6.07 Å². The van der Waals surface area contributed by atoms with Crippen molar-refractivity contribution in [2.24, 2.45) is 0 Å². The molecule has 6 heteroatoms. The number of hydrogen-bond donors (Lipinski definition) is 2. The number of carbonyl (C=O) groups is 2. The number of rotatable bonds is 2. The average Bonchev–Trinajstić information content (AvgIpc) is 2.62. The SMILES string of the molecule is O=C1NCC(C(=O)O)(c2ccccc2F)O1. The molecule has 1 fully saturated rings. The first kappa shape index (κ1) is 10.4. The normalized spacial score (nSPS) is 23.7. The maximum absolute atomic E-state index is 13.5. The Labute approximate surface area is 89.8 Å². The van der Waals surface area contributed by atoms with Gasteiger partial charge in [-0.15, -0.1) is 0 Å². The lowest BCUT2D eigenvalue weighted by atomic mass is 9.94. The molecule has 1 amide bonds. The summed E-state index contributed by atoms with van der Waals surface area (Å²) in [6, 6.07) is 5.31. The molecule has 0 radical (unpaired) electrons. The Morgan fingerprint density at radius 3 is 2.69 bits per heavy atom. The maximum Gasteiger partial charge on any atom is 0.408 e. The third-order valence-corrected chi connectivity index (χ3v) is 2.40. The van der Waals surface area contributed by atoms with E-state index >= 15 is 0 Å². The summed E-state index contributed by atoms with van der Waals surface area (Å²) in [5.41, 5.74) is -2.14. The molecule has 1 aliphatic heterocycles. The van der Waals surface area contributed by atoms with E-state index in [0.29, 0.717) is 0 Å². The number of carboxylic acid groups (broad SMARTS) is 1. The fraction of sp³-hybridized carbons (Fsp3) is 0.200. The van der Waals surface area contributed by atoms with Crippen LogP contribution in [0.5, 0.6) is 0 Å². The van der Waals surface area contributed by atoms with Crippen LogP contribution in [-0.4, -0.2) is 23.7 Å². The van der Waals surface area contributed by atoms with Crippen LogP contribution in [0.2, 0.25) is 0 Å². The zero-order chi connectivity index (χ0) is 11.8. The number of amides is 1. The van der Waals surface area contributed by atoms with Gasteiger partial charge in [0.25, 0.3) is 5.60 Å². The van der Waals surface area contributed by atoms with Crippen molar-refractivity contribution in [3.05, 3.63) is 35.6 Å². The number of aliphatic carboxylic acids is 1. The van der Waals surface area contributed by atoms with Crippen molar-refractivity contribution in [3.8, 4) is 0 Å². The highest BCUT2D eigenvalue weighted by molar-refractivity contribution is 5.86. The van der Waals surface area contributed by atoms with Crippen LogP contribution in [0.25, 0.3) is 0 Å². The molecular weight excluding hydrogens is 217 g/mol. The summed E-state index contributed by atoms with van der Waals surface area (Å²) in [5, 5.41) is 11.3. The molecule has 1 aliphatic rings. The summed E-state index contributed by atoms with van der Waals surface area (Å²) in [6.45, 7) is -0.290. The van der Waals surface area contributed by atoms with E-state index in [1.807, 2.05) is 0 Å². The molecule has 5 nitrogen and oxygen atoms in total. The number of benzene rings is 1. The largest absolute Gasteiger partial charge is 0.478 e. The first-order valence-electron chi connectivity index (χ1n) is 4.51. The fourth-order valence-corrected chi connectivity index (χ4v) is 1.60. The second-order valence-corrected chi connectivity index (χ2v) is 3.36. The van der Waals surface area contributed by atoms with Crippen LogP contribution in [0.1, 0.15) is 5.56 Å². The molecule has 1 saturated heterocycles. The van der Waals surface area contributed by atoms with Gasteiger partial charge in [-0.3, -0.25) is 0 Å². The molecule has 0 saturated carbocycles. The van der Waals surface area contributed by atoms with Gasteiger partial charge in [-0.25, -0.2) is 14.0 Å². The Hall–Kier alpha value is -2.11. The summed E-state index contributed by atoms with van der Waals surface area (Å²) in [7, 11) is 0. The van der Waals surface area contributed by atoms with Crippen molar-refractivity contribution < 1.29 is 23.8 Å². The molecule has 1 aromatic rings. The van der Waals surface area contributed by atoms with E-state index in [0.717, 1.165) is 6.07 Å². The second-order valence-electron chi connectivity index (χ2n) is 3.36. The minimum atomic E-state index is -1.97. The van der Waals surface area contributed by atoms with Gasteiger partial charge in [-0.1, -0.05) is 18.2 Å². The Balaban J connectivity index is 2.53. The van der Waals surface area contributed by atoms with Gasteiger partial charge in [0.15, 0.2) is 0 Å². The highest BCUT2D eigenvalue weighted by Gasteiger charge is 2.50. The van der Waals surface area contributed by atoms with Crippen molar-refractivity contribution in [2.75, 3.05) is 6.54 Å².